The van der Waals surface area contributed by atoms with Gasteiger partial charge in [0.25, 0.3) is 0 Å². The van der Waals surface area contributed by atoms with Crippen molar-refractivity contribution in [2.45, 2.75) is 277 Å². The Bertz CT molecular complexity index is 2920. The largest absolute Gasteiger partial charge is 0.508 e. The number of aromatic hydroxyl groups is 1. The molecule has 0 fully saturated rings. The predicted molar refractivity (Wildman–Crippen MR) is 401 cm³/mol. The van der Waals surface area contributed by atoms with Crippen LogP contribution in [-0.4, -0.2) is 210 Å². The summed E-state index contributed by atoms with van der Waals surface area (Å²) in [6, 6.07) is -11.5. The molecule has 0 aliphatic rings. The highest BCUT2D eigenvalue weighted by atomic mass is 16.4. The van der Waals surface area contributed by atoms with Crippen molar-refractivity contribution in [3.8, 4) is 5.75 Å². The molecule has 0 heterocycles. The normalized spacial score (nSPS) is 15.5. The average molecular weight is 1500 g/mol. The number of nitrogens with two attached hydrogens (primary N) is 6. The quantitative estimate of drug-likeness (QED) is 0.0310. The molecule has 1 aromatic carbocycles. The molecule has 34 nitrogen and oxygen atoms in total. The van der Waals surface area contributed by atoms with Crippen LogP contribution in [0.15, 0.2) is 24.3 Å². The first-order chi connectivity index (χ1) is 49.9. The molecule has 0 saturated heterocycles. The number of rotatable bonds is 54. The molecule has 1 aromatic rings. The van der Waals surface area contributed by atoms with Crippen LogP contribution in [0.5, 0.6) is 5.75 Å². The number of nitrogens with one attached hydrogen (secondary N) is 12. The van der Waals surface area contributed by atoms with E-state index in [0.29, 0.717) is 89.3 Å². The third-order valence-corrected chi connectivity index (χ3v) is 17.8. The Morgan fingerprint density at radius 1 is 0.330 bits per heavy atom. The van der Waals surface area contributed by atoms with E-state index in [9.17, 15) is 77.6 Å². The molecule has 0 aliphatic carbocycles. The van der Waals surface area contributed by atoms with Gasteiger partial charge >= 0.3 is 5.97 Å². The summed E-state index contributed by atoms with van der Waals surface area (Å²) in [5, 5.41) is 62.6. The van der Waals surface area contributed by atoms with Crippen molar-refractivity contribution in [1.82, 2.24) is 63.8 Å². The number of amides is 12. The van der Waals surface area contributed by atoms with E-state index in [0.717, 1.165) is 0 Å². The number of hydrogen-bond donors (Lipinski definition) is 21. The first-order valence-electron chi connectivity index (χ1n) is 37.5. The number of phenolic OH excluding ortho intramolecular Hbond substituents is 1. The van der Waals surface area contributed by atoms with Crippen LogP contribution in [0.3, 0.4) is 0 Å². The molecule has 604 valence electrons. The topological polar surface area (TPSA) is 583 Å². The number of benzene rings is 1. The van der Waals surface area contributed by atoms with Gasteiger partial charge in [-0.3, -0.25) is 57.5 Å². The smallest absolute Gasteiger partial charge is 0.326 e. The minimum atomic E-state index is -1.79. The molecule has 27 N–H and O–H groups in total. The number of carboxylic acid groups (broad SMARTS) is 1. The summed E-state index contributed by atoms with van der Waals surface area (Å²) in [5.74, 6) is -13.7. The minimum absolute atomic E-state index is 0.0140. The third-order valence-electron chi connectivity index (χ3n) is 17.8. The molecule has 0 spiro atoms. The van der Waals surface area contributed by atoms with Crippen molar-refractivity contribution in [3.05, 3.63) is 29.8 Å². The van der Waals surface area contributed by atoms with Crippen molar-refractivity contribution in [2.24, 2.45) is 64.0 Å². The zero-order valence-corrected chi connectivity index (χ0v) is 64.4. The Morgan fingerprint density at radius 3 is 0.981 bits per heavy atom. The van der Waals surface area contributed by atoms with E-state index in [2.05, 4.69) is 63.8 Å². The minimum Gasteiger partial charge on any atom is -0.508 e. The van der Waals surface area contributed by atoms with Crippen LogP contribution in [0.2, 0.25) is 0 Å². The molecule has 0 bridgehead atoms. The van der Waals surface area contributed by atoms with E-state index in [4.69, 9.17) is 34.4 Å². The van der Waals surface area contributed by atoms with Crippen molar-refractivity contribution in [1.29, 1.82) is 0 Å². The summed E-state index contributed by atoms with van der Waals surface area (Å²) in [5.41, 5.74) is 35.4. The number of aliphatic hydroxyl groups excluding tert-OH is 1. The van der Waals surface area contributed by atoms with Gasteiger partial charge in [0.15, 0.2) is 0 Å². The molecule has 0 aliphatic heterocycles. The molecule has 34 heteroatoms. The fourth-order valence-electron chi connectivity index (χ4n) is 11.3. The van der Waals surface area contributed by atoms with Crippen molar-refractivity contribution >= 4 is 76.9 Å². The van der Waals surface area contributed by atoms with E-state index in [1.54, 1.807) is 69.2 Å². The Balaban J connectivity index is 3.54. The molecule has 12 amide bonds. The van der Waals surface area contributed by atoms with Gasteiger partial charge in [-0.15, -0.1) is 0 Å². The Hall–Kier alpha value is -8.15. The monoisotopic (exact) mass is 1500 g/mol. The number of aliphatic hydroxyl groups is 1. The van der Waals surface area contributed by atoms with E-state index in [1.165, 1.54) is 38.1 Å². The maximum absolute atomic E-state index is 14.4. The summed E-state index contributed by atoms with van der Waals surface area (Å²) in [6.45, 7) is 20.6. The van der Waals surface area contributed by atoms with Crippen LogP contribution in [0.4, 0.5) is 0 Å². The second-order valence-corrected chi connectivity index (χ2v) is 29.1. The molecule has 0 aromatic heterocycles. The number of carbonyl (C=O) groups is 13. The molecular formula is C72H130N18O16. The lowest BCUT2D eigenvalue weighted by atomic mass is 9.98. The lowest BCUT2D eigenvalue weighted by molar-refractivity contribution is -0.143. The second kappa shape index (κ2) is 51.2. The van der Waals surface area contributed by atoms with Gasteiger partial charge in [-0.05, 0) is 190 Å². The summed E-state index contributed by atoms with van der Waals surface area (Å²) in [6.07, 6.45) is 3.55. The second-order valence-electron chi connectivity index (χ2n) is 29.1. The predicted octanol–water partition coefficient (Wildman–Crippen LogP) is -2.12. The number of carbonyl (C=O) groups excluding carboxylic acids is 12. The van der Waals surface area contributed by atoms with Gasteiger partial charge in [0.05, 0.1) is 12.1 Å². The third kappa shape index (κ3) is 36.0. The van der Waals surface area contributed by atoms with E-state index < -0.39 is 185 Å². The molecule has 0 saturated carbocycles. The van der Waals surface area contributed by atoms with Crippen LogP contribution < -0.4 is 98.2 Å². The van der Waals surface area contributed by atoms with Crippen LogP contribution in [0, 0.1) is 29.6 Å². The summed E-state index contributed by atoms with van der Waals surface area (Å²) < 4.78 is 0. The fraction of sp³-hybridized carbons (Fsp3) is 0.736. The summed E-state index contributed by atoms with van der Waals surface area (Å²) in [4.78, 5) is 181. The van der Waals surface area contributed by atoms with Crippen molar-refractivity contribution in [3.63, 3.8) is 0 Å². The Kier molecular flexibility index (Phi) is 46.3. The van der Waals surface area contributed by atoms with Gasteiger partial charge in [-0.25, -0.2) is 4.79 Å². The number of phenols is 1. The lowest BCUT2D eigenvalue weighted by Gasteiger charge is -2.30. The molecule has 14 atom stereocenters. The highest BCUT2D eigenvalue weighted by Gasteiger charge is 2.39. The highest BCUT2D eigenvalue weighted by Crippen LogP contribution is 2.17. The number of hydrogen-bond acceptors (Lipinski definition) is 21. The maximum Gasteiger partial charge on any atom is 0.326 e. The SMILES string of the molecule is CC(C)C[C@H](NC(=O)[C@@H](NC(=O)[C@H](Cc1ccc(O)cc1)NC(=O)[C@@H](NC(=O)[C@H](C)NC(=O)[C@H](CCCCN)NC(=O)[C@@H](NC(=O)[C@@H](NC(=O)[C@H](CCCCN)NC(=O)[C@H](CCCCN)NC(=O)[C@H](CCCCN)NC(=O)[C@@H](N)CCCCN)C(C)C)C(C)C)[C@@H](C)O)C(C)C)C(=O)N[C@H](C(=O)O)C(C)C. The molecule has 1 rings (SSSR count). The van der Waals surface area contributed by atoms with Gasteiger partial charge in [0.2, 0.25) is 70.9 Å². The highest BCUT2D eigenvalue weighted by molar-refractivity contribution is 6.00. The lowest BCUT2D eigenvalue weighted by Crippen LogP contribution is -2.62. The number of carboxylic acids is 1. The van der Waals surface area contributed by atoms with Crippen LogP contribution in [-0.2, 0) is 68.7 Å². The van der Waals surface area contributed by atoms with Crippen LogP contribution >= 0.6 is 0 Å². The van der Waals surface area contributed by atoms with Gasteiger partial charge in [-0.1, -0.05) is 87.8 Å². The molecular weight excluding hydrogens is 1370 g/mol. The standard InChI is InChI=1S/C72H130N18O16/c1-39(2)37-53(66(99)89-58(43(9)10)72(105)106)84-69(102)55(40(3)4)87-67(100)54(38-46-28-30-47(92)31-29-46)85-71(104)59(45(12)91)90-60(93)44(11)79-62(95)49(24-14-19-33-74)83-68(101)56(41(5)6)88-70(103)57(42(7)8)86-65(98)52(27-17-22-36-77)82-64(97)51(26-16-21-35-76)81-63(96)50(25-15-20-34-75)80-61(94)48(78)23-13-18-32-73/h28-31,39-45,48-59,91-92H,13-27,32-38,73-78H2,1-12H3,(H,79,95)(H,80,94)(H,81,96)(H,82,97)(H,83,101)(H,84,102)(H,85,104)(H,86,98)(H,87,100)(H,88,103)(H,89,99)(H,90,93)(H,105,106)/t44-,45+,48-,49-,50-,51-,52-,53-,54-,55-,56-,57-,58-,59-/m0/s1. The van der Waals surface area contributed by atoms with Crippen LogP contribution in [0.1, 0.15) is 191 Å². The Labute approximate surface area is 625 Å². The van der Waals surface area contributed by atoms with Crippen LogP contribution in [0.25, 0.3) is 0 Å². The average Bonchev–Trinajstić information content (AvgIpc) is 0.807. The summed E-state index contributed by atoms with van der Waals surface area (Å²) >= 11 is 0. The first kappa shape index (κ1) is 95.9. The zero-order chi connectivity index (χ0) is 80.5. The summed E-state index contributed by atoms with van der Waals surface area (Å²) in [7, 11) is 0. The van der Waals surface area contributed by atoms with Crippen molar-refractivity contribution in [2.75, 3.05) is 32.7 Å². The van der Waals surface area contributed by atoms with Gasteiger partial charge in [-0.2, -0.15) is 0 Å². The maximum atomic E-state index is 14.4. The zero-order valence-electron chi connectivity index (χ0n) is 64.4. The number of aliphatic carboxylic acids is 1. The van der Waals surface area contributed by atoms with Crippen molar-refractivity contribution < 1.29 is 77.6 Å². The van der Waals surface area contributed by atoms with Gasteiger partial charge < -0.3 is 114 Å². The van der Waals surface area contributed by atoms with Gasteiger partial charge in [0.1, 0.15) is 78.3 Å². The van der Waals surface area contributed by atoms with Gasteiger partial charge in [0, 0.05) is 6.42 Å². The van der Waals surface area contributed by atoms with E-state index in [-0.39, 0.29) is 69.8 Å². The Morgan fingerprint density at radius 2 is 0.613 bits per heavy atom. The first-order valence-corrected chi connectivity index (χ1v) is 37.5. The fourth-order valence-corrected chi connectivity index (χ4v) is 11.3. The molecule has 0 unspecified atom stereocenters. The van der Waals surface area contributed by atoms with E-state index >= 15 is 0 Å². The number of unbranched alkanes of at least 4 members (excludes halogenated alkanes) is 5. The molecule has 106 heavy (non-hydrogen) atoms. The molecule has 0 radical (unpaired) electrons. The van der Waals surface area contributed by atoms with E-state index in [1.807, 2.05) is 0 Å².